The molecule has 0 saturated carbocycles. The Kier molecular flexibility index (Phi) is 6.60. The number of nitrogens with one attached hydrogen (secondary N) is 1. The van der Waals surface area contributed by atoms with Gasteiger partial charge in [-0.15, -0.1) is 11.8 Å². The second-order valence-electron chi connectivity index (χ2n) is 4.31. The molecule has 19 heavy (non-hydrogen) atoms. The third kappa shape index (κ3) is 5.05. The Hall–Kier alpha value is -1.32. The van der Waals surface area contributed by atoms with E-state index in [1.165, 1.54) is 4.68 Å². The van der Waals surface area contributed by atoms with Crippen LogP contribution in [0.5, 0.6) is 0 Å². The largest absolute Gasteiger partial charge is 0.382 e. The highest BCUT2D eigenvalue weighted by atomic mass is 79.9. The van der Waals surface area contributed by atoms with Gasteiger partial charge < -0.3 is 10.2 Å². The Morgan fingerprint density at radius 2 is 2.26 bits per heavy atom. The molecule has 1 aromatic heterocycles. The highest BCUT2D eigenvalue weighted by Gasteiger charge is 2.08. The van der Waals surface area contributed by atoms with Gasteiger partial charge in [0.25, 0.3) is 5.56 Å². The molecule has 0 aliphatic rings. The third-order valence-electron chi connectivity index (χ3n) is 2.49. The summed E-state index contributed by atoms with van der Waals surface area (Å²) >= 11 is 3.32. The molecule has 0 spiro atoms. The van der Waals surface area contributed by atoms with Crippen molar-refractivity contribution in [3.8, 4) is 11.8 Å². The normalized spacial score (nSPS) is 10.2. The summed E-state index contributed by atoms with van der Waals surface area (Å²) in [6, 6.07) is 0. The molecule has 0 fully saturated rings. The first kappa shape index (κ1) is 15.7. The van der Waals surface area contributed by atoms with Crippen LogP contribution in [0.3, 0.4) is 0 Å². The van der Waals surface area contributed by atoms with Gasteiger partial charge in [-0.1, -0.05) is 0 Å². The minimum absolute atomic E-state index is 0.117. The number of likely N-dealkylation sites (N-methyl/N-ethyl adjacent to an activating group) is 1. The van der Waals surface area contributed by atoms with Gasteiger partial charge in [0.2, 0.25) is 0 Å². The minimum atomic E-state index is -0.117. The fraction of sp³-hybridized carbons (Fsp3) is 0.538. The van der Waals surface area contributed by atoms with Crippen molar-refractivity contribution >= 4 is 21.6 Å². The molecule has 0 saturated heterocycles. The number of halogens is 1. The molecule has 6 heteroatoms. The van der Waals surface area contributed by atoms with Gasteiger partial charge >= 0.3 is 0 Å². The summed E-state index contributed by atoms with van der Waals surface area (Å²) in [5.74, 6) is 5.79. The summed E-state index contributed by atoms with van der Waals surface area (Å²) in [6.07, 6.45) is 2.41. The first-order valence-corrected chi connectivity index (χ1v) is 6.89. The molecule has 5 nitrogen and oxygen atoms in total. The van der Waals surface area contributed by atoms with E-state index < -0.39 is 0 Å². The van der Waals surface area contributed by atoms with Crippen molar-refractivity contribution in [1.82, 2.24) is 14.7 Å². The summed E-state index contributed by atoms with van der Waals surface area (Å²) in [6.45, 7) is 3.86. The molecular weight excluding hydrogens is 308 g/mol. The Morgan fingerprint density at radius 3 is 2.89 bits per heavy atom. The summed E-state index contributed by atoms with van der Waals surface area (Å²) in [7, 11) is 3.93. The lowest BCUT2D eigenvalue weighted by atomic mass is 10.4. The fourth-order valence-corrected chi connectivity index (χ4v) is 1.87. The van der Waals surface area contributed by atoms with E-state index in [0.717, 1.165) is 13.0 Å². The lowest BCUT2D eigenvalue weighted by Crippen LogP contribution is -2.29. The zero-order chi connectivity index (χ0) is 14.3. The molecule has 0 bridgehead atoms. The Labute approximate surface area is 122 Å². The van der Waals surface area contributed by atoms with Crippen LogP contribution < -0.4 is 10.9 Å². The van der Waals surface area contributed by atoms with E-state index in [1.807, 2.05) is 25.9 Å². The summed E-state index contributed by atoms with van der Waals surface area (Å²) in [4.78, 5) is 14.1. The molecule has 0 amide bonds. The molecule has 1 N–H and O–H groups in total. The van der Waals surface area contributed by atoms with E-state index in [-0.39, 0.29) is 5.56 Å². The van der Waals surface area contributed by atoms with Crippen LogP contribution in [0.2, 0.25) is 0 Å². The molecule has 0 radical (unpaired) electrons. The predicted octanol–water partition coefficient (Wildman–Crippen LogP) is 1.39. The van der Waals surface area contributed by atoms with Crippen LogP contribution in [0.1, 0.15) is 13.3 Å². The van der Waals surface area contributed by atoms with E-state index >= 15 is 0 Å². The summed E-state index contributed by atoms with van der Waals surface area (Å²) < 4.78 is 1.98. The molecule has 0 aliphatic carbocycles. The maximum atomic E-state index is 12.1. The third-order valence-corrected chi connectivity index (χ3v) is 3.25. The first-order chi connectivity index (χ1) is 9.06. The maximum absolute atomic E-state index is 12.1. The Balaban J connectivity index is 2.73. The van der Waals surface area contributed by atoms with Gasteiger partial charge in [0.05, 0.1) is 18.4 Å². The topological polar surface area (TPSA) is 50.2 Å². The number of anilines is 1. The van der Waals surface area contributed by atoms with Crippen LogP contribution in [-0.2, 0) is 6.54 Å². The highest BCUT2D eigenvalue weighted by molar-refractivity contribution is 9.10. The van der Waals surface area contributed by atoms with Crippen molar-refractivity contribution in [2.24, 2.45) is 0 Å². The SMILES string of the molecule is CC#CCCNc1cnn(CCN(C)C)c(=O)c1Br. The van der Waals surface area contributed by atoms with E-state index in [2.05, 4.69) is 38.2 Å². The molecule has 1 rings (SSSR count). The van der Waals surface area contributed by atoms with Crippen molar-refractivity contribution in [2.45, 2.75) is 19.9 Å². The van der Waals surface area contributed by atoms with E-state index in [0.29, 0.717) is 23.2 Å². The van der Waals surface area contributed by atoms with Crippen molar-refractivity contribution in [1.29, 1.82) is 0 Å². The van der Waals surface area contributed by atoms with Crippen LogP contribution >= 0.6 is 15.9 Å². The quantitative estimate of drug-likeness (QED) is 0.634. The molecule has 1 heterocycles. The zero-order valence-corrected chi connectivity index (χ0v) is 13.1. The lowest BCUT2D eigenvalue weighted by molar-refractivity contribution is 0.367. The lowest BCUT2D eigenvalue weighted by Gasteiger charge is -2.12. The molecule has 0 atom stereocenters. The van der Waals surface area contributed by atoms with E-state index in [1.54, 1.807) is 6.20 Å². The fourth-order valence-electron chi connectivity index (χ4n) is 1.43. The van der Waals surface area contributed by atoms with E-state index in [4.69, 9.17) is 0 Å². The molecular formula is C13H19BrN4O. The number of hydrogen-bond acceptors (Lipinski definition) is 4. The van der Waals surface area contributed by atoms with Crippen molar-refractivity contribution in [3.63, 3.8) is 0 Å². The smallest absolute Gasteiger partial charge is 0.283 e. The van der Waals surface area contributed by atoms with Crippen molar-refractivity contribution in [3.05, 3.63) is 21.0 Å². The van der Waals surface area contributed by atoms with Gasteiger partial charge in [0.15, 0.2) is 0 Å². The summed E-state index contributed by atoms with van der Waals surface area (Å²) in [5, 5.41) is 7.30. The number of hydrogen-bond donors (Lipinski definition) is 1. The molecule has 104 valence electrons. The van der Waals surface area contributed by atoms with Crippen LogP contribution in [0.25, 0.3) is 0 Å². The molecule has 0 aliphatic heterocycles. The monoisotopic (exact) mass is 326 g/mol. The van der Waals surface area contributed by atoms with Crippen LogP contribution in [0, 0.1) is 11.8 Å². The van der Waals surface area contributed by atoms with Gasteiger partial charge in [-0.25, -0.2) is 4.68 Å². The van der Waals surface area contributed by atoms with Gasteiger partial charge in [-0.3, -0.25) is 4.79 Å². The van der Waals surface area contributed by atoms with Crippen LogP contribution in [0.4, 0.5) is 5.69 Å². The van der Waals surface area contributed by atoms with Crippen molar-refractivity contribution in [2.75, 3.05) is 32.5 Å². The Bertz CT molecular complexity index is 528. The van der Waals surface area contributed by atoms with Gasteiger partial charge in [-0.05, 0) is 36.9 Å². The Morgan fingerprint density at radius 1 is 1.53 bits per heavy atom. The second-order valence-corrected chi connectivity index (χ2v) is 5.10. The first-order valence-electron chi connectivity index (χ1n) is 6.10. The number of aromatic nitrogens is 2. The number of nitrogens with zero attached hydrogens (tertiary/aromatic N) is 3. The zero-order valence-electron chi connectivity index (χ0n) is 11.5. The second kappa shape index (κ2) is 7.97. The molecule has 0 unspecified atom stereocenters. The van der Waals surface area contributed by atoms with E-state index in [9.17, 15) is 4.79 Å². The minimum Gasteiger partial charge on any atom is -0.382 e. The average molecular weight is 327 g/mol. The predicted molar refractivity (Wildman–Crippen MR) is 81.3 cm³/mol. The molecule has 0 aromatic carbocycles. The van der Waals surface area contributed by atoms with Crippen molar-refractivity contribution < 1.29 is 0 Å². The van der Waals surface area contributed by atoms with Gasteiger partial charge in [0, 0.05) is 19.5 Å². The standard InChI is InChI=1S/C13H19BrN4O/c1-4-5-6-7-15-11-10-16-18(9-8-17(2)3)13(19)12(11)14/h10,15H,6-9H2,1-3H3. The van der Waals surface area contributed by atoms with Gasteiger partial charge in [0.1, 0.15) is 4.47 Å². The average Bonchev–Trinajstić information content (AvgIpc) is 2.38. The summed E-state index contributed by atoms with van der Waals surface area (Å²) in [5.41, 5.74) is 0.595. The number of rotatable bonds is 6. The maximum Gasteiger partial charge on any atom is 0.283 e. The van der Waals surface area contributed by atoms with Crippen LogP contribution in [-0.4, -0.2) is 41.9 Å². The molecule has 1 aromatic rings. The van der Waals surface area contributed by atoms with Crippen LogP contribution in [0.15, 0.2) is 15.5 Å². The van der Waals surface area contributed by atoms with Gasteiger partial charge in [-0.2, -0.15) is 5.10 Å². The highest BCUT2D eigenvalue weighted by Crippen LogP contribution is 2.15.